The van der Waals surface area contributed by atoms with E-state index in [1.165, 1.54) is 17.6 Å². The summed E-state index contributed by atoms with van der Waals surface area (Å²) in [4.78, 5) is 69.6. The summed E-state index contributed by atoms with van der Waals surface area (Å²) in [6, 6.07) is 26.6. The van der Waals surface area contributed by atoms with Gasteiger partial charge in [-0.25, -0.2) is 0 Å². The van der Waals surface area contributed by atoms with Gasteiger partial charge in [0.2, 0.25) is 29.5 Å². The van der Waals surface area contributed by atoms with Crippen molar-refractivity contribution < 1.29 is 28.4 Å². The van der Waals surface area contributed by atoms with Gasteiger partial charge in [-0.1, -0.05) is 72.8 Å². The van der Waals surface area contributed by atoms with Crippen molar-refractivity contribution in [2.24, 2.45) is 17.4 Å². The molecule has 0 aliphatic carbocycles. The van der Waals surface area contributed by atoms with Crippen LogP contribution in [0, 0.1) is 5.92 Å². The quantitative estimate of drug-likeness (QED) is 0.0574. The second-order valence-corrected chi connectivity index (χ2v) is 16.1. The highest BCUT2D eigenvalue weighted by Crippen LogP contribution is 2.27. The molecule has 0 spiro atoms. The van der Waals surface area contributed by atoms with E-state index in [0.29, 0.717) is 51.1 Å². The molecule has 1 saturated heterocycles. The number of nitrogens with one attached hydrogen (secondary N) is 5. The van der Waals surface area contributed by atoms with Crippen LogP contribution >= 0.6 is 11.3 Å². The molecular formula is C45H53N7O6S. The van der Waals surface area contributed by atoms with E-state index in [2.05, 4.69) is 26.6 Å². The number of thiophene rings is 1. The van der Waals surface area contributed by atoms with Crippen molar-refractivity contribution in [1.29, 1.82) is 0 Å². The molecule has 1 fully saturated rings. The molecule has 4 atom stereocenters. The Morgan fingerprint density at radius 3 is 1.97 bits per heavy atom. The molecule has 6 rings (SSSR count). The van der Waals surface area contributed by atoms with E-state index in [4.69, 9.17) is 15.9 Å². The molecule has 2 aromatic heterocycles. The van der Waals surface area contributed by atoms with Gasteiger partial charge in [0.15, 0.2) is 0 Å². The van der Waals surface area contributed by atoms with E-state index in [1.54, 1.807) is 12.1 Å². The molecule has 1 aliphatic rings. The topological polar surface area (TPSA) is 211 Å². The summed E-state index contributed by atoms with van der Waals surface area (Å²) in [6.45, 7) is 1.83. The second kappa shape index (κ2) is 21.3. The van der Waals surface area contributed by atoms with Gasteiger partial charge in [0.25, 0.3) is 0 Å². The lowest BCUT2D eigenvalue weighted by Crippen LogP contribution is -2.59. The molecule has 0 saturated carbocycles. The minimum atomic E-state index is -1.19. The number of nitrogens with two attached hydrogens (primary N) is 2. The summed E-state index contributed by atoms with van der Waals surface area (Å²) in [5.41, 5.74) is 14.2. The number of piperidine rings is 1. The number of carbonyl (C=O) groups excluding carboxylic acids is 5. The molecule has 3 heterocycles. The first kappa shape index (κ1) is 42.8. The highest BCUT2D eigenvalue weighted by molar-refractivity contribution is 7.19. The fourth-order valence-corrected chi connectivity index (χ4v) is 8.37. The van der Waals surface area contributed by atoms with Crippen LogP contribution in [-0.4, -0.2) is 73.3 Å². The van der Waals surface area contributed by atoms with Crippen molar-refractivity contribution in [1.82, 2.24) is 26.6 Å². The molecular weight excluding hydrogens is 767 g/mol. The average Bonchev–Trinajstić information content (AvgIpc) is 3.93. The number of primary amides is 1. The maximum Gasteiger partial charge on any atom is 0.243 e. The minimum absolute atomic E-state index is 0.0314. The molecule has 0 radical (unpaired) electrons. The monoisotopic (exact) mass is 819 g/mol. The van der Waals surface area contributed by atoms with Crippen molar-refractivity contribution >= 4 is 51.0 Å². The summed E-state index contributed by atoms with van der Waals surface area (Å²) in [5, 5.41) is 15.8. The first-order valence-corrected chi connectivity index (χ1v) is 21.0. The molecule has 3 aromatic carbocycles. The van der Waals surface area contributed by atoms with Crippen LogP contribution in [-0.2, 0) is 43.2 Å². The maximum absolute atomic E-state index is 14.5. The number of carbonyl (C=O) groups is 5. The van der Waals surface area contributed by atoms with Crippen LogP contribution in [0.4, 0.5) is 0 Å². The standard InChI is InChI=1S/C45H53N7O6S/c46-21-7-6-13-36(41(47)53)49-44(56)38(27-34-12-8-24-58-34)51-45(57)39(28-35-26-33-11-4-5-14-40(33)59-35)52-43(55)37(50-42(54)32-19-22-48-23-20-32)25-29-15-17-31(18-16-29)30-9-2-1-3-10-30/h1-5,8-12,14-18,24,26,32,36-39,48H,6-7,13,19-23,25,27-28,46H2,(H2,47,53)(H,49,56)(H,50,54)(H,51,57)(H,52,55)/t36-,37+,38-,39+/m0/s1. The zero-order chi connectivity index (χ0) is 41.6. The van der Waals surface area contributed by atoms with Crippen LogP contribution < -0.4 is 38.1 Å². The first-order valence-electron chi connectivity index (χ1n) is 20.2. The van der Waals surface area contributed by atoms with Crippen molar-refractivity contribution in [3.8, 4) is 11.1 Å². The lowest BCUT2D eigenvalue weighted by Gasteiger charge is -2.27. The lowest BCUT2D eigenvalue weighted by molar-refractivity contribution is -0.135. The SMILES string of the molecule is NCCCC[C@H](NC(=O)[C@H](Cc1ccco1)NC(=O)[C@@H](Cc1cc2ccccc2s1)NC(=O)[C@@H](Cc1ccc(-c2ccccc2)cc1)NC(=O)C1CCNCC1)C(N)=O. The van der Waals surface area contributed by atoms with Crippen LogP contribution in [0.25, 0.3) is 21.2 Å². The zero-order valence-electron chi connectivity index (χ0n) is 33.0. The summed E-state index contributed by atoms with van der Waals surface area (Å²) in [5.74, 6) is -2.56. The van der Waals surface area contributed by atoms with E-state index in [-0.39, 0.29) is 37.5 Å². The summed E-state index contributed by atoms with van der Waals surface area (Å²) >= 11 is 1.50. The van der Waals surface area contributed by atoms with Gasteiger partial charge in [-0.3, -0.25) is 24.0 Å². The Bertz CT molecular complexity index is 2120. The van der Waals surface area contributed by atoms with Crippen molar-refractivity contribution in [3.05, 3.63) is 120 Å². The van der Waals surface area contributed by atoms with Gasteiger partial charge in [0.05, 0.1) is 6.26 Å². The predicted molar refractivity (Wildman–Crippen MR) is 229 cm³/mol. The van der Waals surface area contributed by atoms with E-state index >= 15 is 0 Å². The lowest BCUT2D eigenvalue weighted by atomic mass is 9.95. The summed E-state index contributed by atoms with van der Waals surface area (Å²) in [6.07, 6.45) is 4.49. The molecule has 0 bridgehead atoms. The Morgan fingerprint density at radius 1 is 0.695 bits per heavy atom. The maximum atomic E-state index is 14.5. The second-order valence-electron chi connectivity index (χ2n) is 15.0. The first-order chi connectivity index (χ1) is 28.7. The number of hydrogen-bond donors (Lipinski definition) is 7. The fraction of sp³-hybridized carbons (Fsp3) is 0.356. The number of amides is 5. The molecule has 14 heteroatoms. The molecule has 13 nitrogen and oxygen atoms in total. The van der Waals surface area contributed by atoms with Gasteiger partial charge in [-0.05, 0) is 98.1 Å². The van der Waals surface area contributed by atoms with E-state index in [0.717, 1.165) is 31.7 Å². The number of hydrogen-bond acceptors (Lipinski definition) is 9. The van der Waals surface area contributed by atoms with Crippen LogP contribution in [0.1, 0.15) is 48.3 Å². The smallest absolute Gasteiger partial charge is 0.243 e. The average molecular weight is 820 g/mol. The fourth-order valence-electron chi connectivity index (χ4n) is 7.26. The Morgan fingerprint density at radius 2 is 1.32 bits per heavy atom. The van der Waals surface area contributed by atoms with Crippen LogP contribution in [0.15, 0.2) is 108 Å². The Labute approximate surface area is 348 Å². The number of fused-ring (bicyclic) bond motifs is 1. The Balaban J connectivity index is 1.26. The van der Waals surface area contributed by atoms with Crippen LogP contribution in [0.2, 0.25) is 0 Å². The highest BCUT2D eigenvalue weighted by Gasteiger charge is 2.33. The van der Waals surface area contributed by atoms with E-state index < -0.39 is 47.8 Å². The third kappa shape index (κ3) is 12.3. The molecule has 0 unspecified atom stereocenters. The largest absolute Gasteiger partial charge is 0.469 e. The molecule has 9 N–H and O–H groups in total. The van der Waals surface area contributed by atoms with Crippen molar-refractivity contribution in [2.45, 2.75) is 75.5 Å². The normalized spacial score (nSPS) is 15.1. The highest BCUT2D eigenvalue weighted by atomic mass is 32.1. The van der Waals surface area contributed by atoms with Gasteiger partial charge in [0.1, 0.15) is 29.9 Å². The van der Waals surface area contributed by atoms with Gasteiger partial charge in [0, 0.05) is 34.8 Å². The van der Waals surface area contributed by atoms with Crippen molar-refractivity contribution in [3.63, 3.8) is 0 Å². The van der Waals surface area contributed by atoms with Gasteiger partial charge in [-0.15, -0.1) is 11.3 Å². The van der Waals surface area contributed by atoms with Crippen molar-refractivity contribution in [2.75, 3.05) is 19.6 Å². The van der Waals surface area contributed by atoms with Gasteiger partial charge >= 0.3 is 0 Å². The third-order valence-electron chi connectivity index (χ3n) is 10.6. The molecule has 1 aliphatic heterocycles. The van der Waals surface area contributed by atoms with Crippen LogP contribution in [0.3, 0.4) is 0 Å². The number of unbranched alkanes of at least 4 members (excludes halogenated alkanes) is 1. The number of benzene rings is 3. The summed E-state index contributed by atoms with van der Waals surface area (Å²) < 4.78 is 6.56. The molecule has 5 aromatic rings. The molecule has 59 heavy (non-hydrogen) atoms. The van der Waals surface area contributed by atoms with E-state index in [1.807, 2.05) is 84.9 Å². The molecule has 5 amide bonds. The van der Waals surface area contributed by atoms with Gasteiger partial charge in [-0.2, -0.15) is 0 Å². The van der Waals surface area contributed by atoms with Crippen LogP contribution in [0.5, 0.6) is 0 Å². The third-order valence-corrected chi connectivity index (χ3v) is 11.7. The number of furan rings is 1. The Hall–Kier alpha value is -5.83. The zero-order valence-corrected chi connectivity index (χ0v) is 33.8. The predicted octanol–water partition coefficient (Wildman–Crippen LogP) is 3.74. The van der Waals surface area contributed by atoms with E-state index in [9.17, 15) is 24.0 Å². The Kier molecular flexibility index (Phi) is 15.4. The minimum Gasteiger partial charge on any atom is -0.469 e. The summed E-state index contributed by atoms with van der Waals surface area (Å²) in [7, 11) is 0. The van der Waals surface area contributed by atoms with Gasteiger partial charge < -0.3 is 42.5 Å². The number of rotatable bonds is 20. The molecule has 310 valence electrons.